The lowest BCUT2D eigenvalue weighted by Crippen LogP contribution is -2.16. The topological polar surface area (TPSA) is 68.0 Å². The number of amides is 1. The molecule has 0 aromatic carbocycles. The lowest BCUT2D eigenvalue weighted by atomic mass is 10.1. The van der Waals surface area contributed by atoms with E-state index in [1.165, 1.54) is 16.2 Å². The van der Waals surface area contributed by atoms with Gasteiger partial charge in [0.1, 0.15) is 0 Å². The average Bonchev–Trinajstić information content (AvgIpc) is 2.66. The maximum absolute atomic E-state index is 11.7. The number of thiazole rings is 1. The highest BCUT2D eigenvalue weighted by molar-refractivity contribution is 7.15. The summed E-state index contributed by atoms with van der Waals surface area (Å²) in [4.78, 5) is 17.2. The largest absolute Gasteiger partial charge is 0.330 e. The Morgan fingerprint density at radius 2 is 2.29 bits per heavy atom. The summed E-state index contributed by atoms with van der Waals surface area (Å²) in [6, 6.07) is 0. The summed E-state index contributed by atoms with van der Waals surface area (Å²) in [5.74, 6) is 0.423. The van der Waals surface area contributed by atoms with Crippen LogP contribution in [0.4, 0.5) is 5.13 Å². The molecule has 0 radical (unpaired) electrons. The Morgan fingerprint density at radius 3 is 2.82 bits per heavy atom. The molecule has 17 heavy (non-hydrogen) atoms. The molecule has 1 aromatic rings. The van der Waals surface area contributed by atoms with E-state index in [0.717, 1.165) is 18.5 Å². The van der Waals surface area contributed by atoms with Gasteiger partial charge in [-0.15, -0.1) is 11.3 Å². The van der Waals surface area contributed by atoms with Gasteiger partial charge in [-0.3, -0.25) is 4.79 Å². The molecule has 1 rings (SSSR count). The van der Waals surface area contributed by atoms with Gasteiger partial charge in [0.05, 0.1) is 5.69 Å². The number of nitrogens with one attached hydrogen (secondary N) is 1. The van der Waals surface area contributed by atoms with Gasteiger partial charge in [-0.05, 0) is 32.2 Å². The summed E-state index contributed by atoms with van der Waals surface area (Å²) in [6.45, 7) is 6.78. The first-order valence-corrected chi connectivity index (χ1v) is 6.84. The first-order valence-electron chi connectivity index (χ1n) is 6.03. The molecule has 0 aliphatic rings. The van der Waals surface area contributed by atoms with Crippen LogP contribution in [0, 0.1) is 12.8 Å². The first kappa shape index (κ1) is 14.1. The van der Waals surface area contributed by atoms with Crippen molar-refractivity contribution >= 4 is 22.4 Å². The second-order valence-electron chi connectivity index (χ2n) is 4.30. The van der Waals surface area contributed by atoms with Crippen LogP contribution in [0.1, 0.15) is 37.3 Å². The van der Waals surface area contributed by atoms with E-state index in [0.29, 0.717) is 24.0 Å². The van der Waals surface area contributed by atoms with E-state index >= 15 is 0 Å². The van der Waals surface area contributed by atoms with Crippen LogP contribution in [0.5, 0.6) is 0 Å². The van der Waals surface area contributed by atoms with Gasteiger partial charge in [0, 0.05) is 11.3 Å². The normalized spacial score (nSPS) is 12.5. The minimum atomic E-state index is 0.0294. The molecule has 0 saturated heterocycles. The van der Waals surface area contributed by atoms with Gasteiger partial charge in [-0.2, -0.15) is 0 Å². The number of hydrogen-bond acceptors (Lipinski definition) is 4. The van der Waals surface area contributed by atoms with Crippen molar-refractivity contribution in [3.05, 3.63) is 10.6 Å². The lowest BCUT2D eigenvalue weighted by molar-refractivity contribution is -0.116. The fourth-order valence-corrected chi connectivity index (χ4v) is 2.41. The molecular weight excluding hydrogens is 234 g/mol. The highest BCUT2D eigenvalue weighted by Gasteiger charge is 2.10. The third-order valence-corrected chi connectivity index (χ3v) is 3.67. The number of carbonyl (C=O) groups excluding carboxylic acids is 1. The van der Waals surface area contributed by atoms with Crippen LogP contribution < -0.4 is 11.1 Å². The van der Waals surface area contributed by atoms with Crippen molar-refractivity contribution in [3.8, 4) is 0 Å². The first-order chi connectivity index (χ1) is 8.06. The number of nitrogens with zero attached hydrogens (tertiary/aromatic N) is 1. The van der Waals surface area contributed by atoms with Crippen molar-refractivity contribution in [2.24, 2.45) is 11.7 Å². The van der Waals surface area contributed by atoms with Gasteiger partial charge in [-0.1, -0.05) is 13.8 Å². The SMILES string of the molecule is CCc1nc(NC(=O)CCC(C)CN)sc1C. The number of anilines is 1. The molecule has 0 saturated carbocycles. The minimum absolute atomic E-state index is 0.0294. The predicted octanol–water partition coefficient (Wildman–Crippen LogP) is 2.33. The van der Waals surface area contributed by atoms with E-state index < -0.39 is 0 Å². The Labute approximate surface area is 107 Å². The van der Waals surface area contributed by atoms with Crippen molar-refractivity contribution in [1.29, 1.82) is 0 Å². The number of rotatable bonds is 6. The van der Waals surface area contributed by atoms with E-state index in [1.807, 2.05) is 6.92 Å². The lowest BCUT2D eigenvalue weighted by Gasteiger charge is -2.06. The molecule has 0 aliphatic carbocycles. The van der Waals surface area contributed by atoms with Gasteiger partial charge in [0.15, 0.2) is 5.13 Å². The molecule has 96 valence electrons. The van der Waals surface area contributed by atoms with Crippen molar-refractivity contribution in [1.82, 2.24) is 4.98 Å². The molecule has 0 bridgehead atoms. The quantitative estimate of drug-likeness (QED) is 0.819. The summed E-state index contributed by atoms with van der Waals surface area (Å²) >= 11 is 1.54. The highest BCUT2D eigenvalue weighted by atomic mass is 32.1. The zero-order valence-corrected chi connectivity index (χ0v) is 11.6. The van der Waals surface area contributed by atoms with Crippen LogP contribution in [0.15, 0.2) is 0 Å². The maximum Gasteiger partial charge on any atom is 0.226 e. The van der Waals surface area contributed by atoms with Crippen molar-refractivity contribution in [3.63, 3.8) is 0 Å². The number of nitrogens with two attached hydrogens (primary N) is 1. The van der Waals surface area contributed by atoms with Crippen LogP contribution in [0.2, 0.25) is 0 Å². The van der Waals surface area contributed by atoms with Crippen molar-refractivity contribution in [2.45, 2.75) is 40.0 Å². The summed E-state index contributed by atoms with van der Waals surface area (Å²) in [5.41, 5.74) is 6.58. The second kappa shape index (κ2) is 6.71. The van der Waals surface area contributed by atoms with Crippen molar-refractivity contribution < 1.29 is 4.79 Å². The smallest absolute Gasteiger partial charge is 0.226 e. The molecule has 1 unspecified atom stereocenters. The summed E-state index contributed by atoms with van der Waals surface area (Å²) in [7, 11) is 0. The number of carbonyl (C=O) groups is 1. The minimum Gasteiger partial charge on any atom is -0.330 e. The Morgan fingerprint density at radius 1 is 1.59 bits per heavy atom. The van der Waals surface area contributed by atoms with E-state index in [1.54, 1.807) is 0 Å². The fraction of sp³-hybridized carbons (Fsp3) is 0.667. The standard InChI is InChI=1S/C12H21N3OS/c1-4-10-9(3)17-12(14-10)15-11(16)6-5-8(2)7-13/h8H,4-7,13H2,1-3H3,(H,14,15,16). The number of hydrogen-bond donors (Lipinski definition) is 2. The molecule has 4 nitrogen and oxygen atoms in total. The molecule has 5 heteroatoms. The van der Waals surface area contributed by atoms with E-state index in [-0.39, 0.29) is 5.91 Å². The van der Waals surface area contributed by atoms with Crippen molar-refractivity contribution in [2.75, 3.05) is 11.9 Å². The molecule has 3 N–H and O–H groups in total. The zero-order chi connectivity index (χ0) is 12.8. The summed E-state index contributed by atoms with van der Waals surface area (Å²) in [5, 5.41) is 3.56. The Balaban J connectivity index is 2.45. The molecule has 0 spiro atoms. The van der Waals surface area contributed by atoms with Gasteiger partial charge in [-0.25, -0.2) is 4.98 Å². The van der Waals surface area contributed by atoms with E-state index in [2.05, 4.69) is 24.1 Å². The van der Waals surface area contributed by atoms with Crippen LogP contribution >= 0.6 is 11.3 Å². The second-order valence-corrected chi connectivity index (χ2v) is 5.51. The third kappa shape index (κ3) is 4.44. The van der Waals surface area contributed by atoms with Crippen LogP contribution in [0.3, 0.4) is 0 Å². The predicted molar refractivity (Wildman–Crippen MR) is 72.3 cm³/mol. The zero-order valence-electron chi connectivity index (χ0n) is 10.7. The van der Waals surface area contributed by atoms with Crippen LogP contribution in [0.25, 0.3) is 0 Å². The molecule has 1 atom stereocenters. The molecule has 0 aliphatic heterocycles. The molecule has 0 fully saturated rings. The average molecular weight is 255 g/mol. The number of aromatic nitrogens is 1. The van der Waals surface area contributed by atoms with Gasteiger partial charge in [0.25, 0.3) is 0 Å². The molecule has 1 heterocycles. The van der Waals surface area contributed by atoms with Gasteiger partial charge in [0.2, 0.25) is 5.91 Å². The van der Waals surface area contributed by atoms with Gasteiger partial charge < -0.3 is 11.1 Å². The highest BCUT2D eigenvalue weighted by Crippen LogP contribution is 2.22. The van der Waals surface area contributed by atoms with E-state index in [9.17, 15) is 4.79 Å². The summed E-state index contributed by atoms with van der Waals surface area (Å²) < 4.78 is 0. The molecule has 1 amide bonds. The summed E-state index contributed by atoms with van der Waals surface area (Å²) in [6.07, 6.45) is 2.24. The molecular formula is C12H21N3OS. The van der Waals surface area contributed by atoms with Crippen LogP contribution in [-0.4, -0.2) is 17.4 Å². The Bertz CT molecular complexity index is 376. The Hall–Kier alpha value is -0.940. The third-order valence-electron chi connectivity index (χ3n) is 2.74. The fourth-order valence-electron chi connectivity index (χ4n) is 1.49. The maximum atomic E-state index is 11.7. The monoisotopic (exact) mass is 255 g/mol. The van der Waals surface area contributed by atoms with Gasteiger partial charge >= 0.3 is 0 Å². The van der Waals surface area contributed by atoms with Crippen LogP contribution in [-0.2, 0) is 11.2 Å². The van der Waals surface area contributed by atoms with E-state index in [4.69, 9.17) is 5.73 Å². The Kier molecular flexibility index (Phi) is 5.58. The molecule has 1 aromatic heterocycles. The number of aryl methyl sites for hydroxylation is 2.